The molecule has 0 saturated carbocycles. The quantitative estimate of drug-likeness (QED) is 0.597. The molecule has 0 aromatic heterocycles. The topological polar surface area (TPSA) is 15.3 Å². The van der Waals surface area contributed by atoms with Crippen LogP contribution in [0.1, 0.15) is 12.0 Å². The molecule has 1 N–H and O–H groups in total. The number of benzene rings is 2. The van der Waals surface area contributed by atoms with Gasteiger partial charge < -0.3 is 10.2 Å². The first kappa shape index (κ1) is 19.9. The maximum Gasteiger partial charge on any atom is 0.416 e. The van der Waals surface area contributed by atoms with E-state index in [-0.39, 0.29) is 0 Å². The first-order valence-corrected chi connectivity index (χ1v) is 8.98. The number of alkyl halides is 3. The molecule has 0 fully saturated rings. The van der Waals surface area contributed by atoms with Crippen molar-refractivity contribution >= 4 is 29.1 Å². The van der Waals surface area contributed by atoms with Crippen LogP contribution in [0.2, 0.25) is 5.02 Å². The summed E-state index contributed by atoms with van der Waals surface area (Å²) in [6.07, 6.45) is -3.34. The van der Waals surface area contributed by atoms with Crippen molar-refractivity contribution in [3.63, 3.8) is 0 Å². The molecule has 0 unspecified atom stereocenters. The predicted octanol–water partition coefficient (Wildman–Crippen LogP) is 5.87. The minimum absolute atomic E-state index is 0.617. The van der Waals surface area contributed by atoms with Crippen LogP contribution in [0.4, 0.5) is 18.9 Å². The minimum atomic E-state index is -4.32. The summed E-state index contributed by atoms with van der Waals surface area (Å²) in [7, 11) is 4.04. The van der Waals surface area contributed by atoms with Crippen molar-refractivity contribution in [2.75, 3.05) is 32.5 Å². The molecule has 0 aliphatic rings. The zero-order valence-electron chi connectivity index (χ0n) is 14.0. The fraction of sp³-hybridized carbons (Fsp3) is 0.333. The van der Waals surface area contributed by atoms with Crippen molar-refractivity contribution in [2.24, 2.45) is 0 Å². The lowest BCUT2D eigenvalue weighted by atomic mass is 10.2. The molecule has 0 amide bonds. The highest BCUT2D eigenvalue weighted by Crippen LogP contribution is 2.37. The van der Waals surface area contributed by atoms with E-state index in [2.05, 4.69) is 10.2 Å². The highest BCUT2D eigenvalue weighted by molar-refractivity contribution is 7.99. The van der Waals surface area contributed by atoms with Gasteiger partial charge in [0.2, 0.25) is 0 Å². The smallest absolute Gasteiger partial charge is 0.384 e. The zero-order chi connectivity index (χ0) is 18.4. The predicted molar refractivity (Wildman–Crippen MR) is 98.7 cm³/mol. The highest BCUT2D eigenvalue weighted by atomic mass is 35.5. The molecule has 2 nitrogen and oxygen atoms in total. The summed E-state index contributed by atoms with van der Waals surface area (Å²) >= 11 is 7.48. The van der Waals surface area contributed by atoms with Crippen LogP contribution in [0, 0.1) is 0 Å². The van der Waals surface area contributed by atoms with Crippen LogP contribution in [-0.4, -0.2) is 32.1 Å². The van der Waals surface area contributed by atoms with Gasteiger partial charge in [0.05, 0.1) is 5.56 Å². The summed E-state index contributed by atoms with van der Waals surface area (Å²) in [5, 5.41) is 3.97. The Labute approximate surface area is 155 Å². The first-order chi connectivity index (χ1) is 11.8. The number of nitrogens with zero attached hydrogens (tertiary/aromatic N) is 1. The lowest BCUT2D eigenvalue weighted by Gasteiger charge is -2.14. The molecule has 2 aromatic carbocycles. The Bertz CT molecular complexity index is 688. The van der Waals surface area contributed by atoms with Gasteiger partial charge in [0, 0.05) is 27.0 Å². The number of halogens is 4. The Hall–Kier alpha value is -1.37. The Morgan fingerprint density at radius 2 is 1.76 bits per heavy atom. The van der Waals surface area contributed by atoms with Crippen LogP contribution < -0.4 is 5.32 Å². The van der Waals surface area contributed by atoms with Crippen LogP contribution in [-0.2, 0) is 6.18 Å². The van der Waals surface area contributed by atoms with Crippen LogP contribution in [0.25, 0.3) is 0 Å². The van der Waals surface area contributed by atoms with E-state index in [1.165, 1.54) is 23.9 Å². The molecule has 0 radical (unpaired) electrons. The standard InChI is InChI=1S/C18H20ClF3N2S/c1-24(2)11-3-10-23-16-12-14(19)6-9-17(16)25-15-7-4-13(5-8-15)18(20,21)22/h4-9,12,23H,3,10-11H2,1-2H3. The van der Waals surface area contributed by atoms with E-state index in [4.69, 9.17) is 11.6 Å². The summed E-state index contributed by atoms with van der Waals surface area (Å²) in [6, 6.07) is 10.7. The van der Waals surface area contributed by atoms with Crippen molar-refractivity contribution in [2.45, 2.75) is 22.4 Å². The first-order valence-electron chi connectivity index (χ1n) is 7.79. The lowest BCUT2D eigenvalue weighted by Crippen LogP contribution is -2.16. The van der Waals surface area contributed by atoms with Crippen molar-refractivity contribution in [3.8, 4) is 0 Å². The fourth-order valence-corrected chi connectivity index (χ4v) is 3.26. The van der Waals surface area contributed by atoms with E-state index in [9.17, 15) is 13.2 Å². The van der Waals surface area contributed by atoms with E-state index in [1.54, 1.807) is 6.07 Å². The molecule has 7 heteroatoms. The third-order valence-electron chi connectivity index (χ3n) is 3.45. The molecule has 0 atom stereocenters. The van der Waals surface area contributed by atoms with Crippen LogP contribution in [0.3, 0.4) is 0 Å². The molecule has 25 heavy (non-hydrogen) atoms. The van der Waals surface area contributed by atoms with Gasteiger partial charge in [-0.1, -0.05) is 23.4 Å². The van der Waals surface area contributed by atoms with Gasteiger partial charge in [0.1, 0.15) is 0 Å². The molecule has 0 heterocycles. The summed E-state index contributed by atoms with van der Waals surface area (Å²) in [6.45, 7) is 1.76. The van der Waals surface area contributed by atoms with Gasteiger partial charge in [-0.15, -0.1) is 0 Å². The summed E-state index contributed by atoms with van der Waals surface area (Å²) in [5.41, 5.74) is 0.242. The Morgan fingerprint density at radius 1 is 1.08 bits per heavy atom. The van der Waals surface area contributed by atoms with Gasteiger partial charge >= 0.3 is 6.18 Å². The van der Waals surface area contributed by atoms with Crippen LogP contribution in [0.5, 0.6) is 0 Å². The number of hydrogen-bond acceptors (Lipinski definition) is 3. The monoisotopic (exact) mass is 388 g/mol. The highest BCUT2D eigenvalue weighted by Gasteiger charge is 2.29. The molecular weight excluding hydrogens is 369 g/mol. The zero-order valence-corrected chi connectivity index (χ0v) is 15.6. The summed E-state index contributed by atoms with van der Waals surface area (Å²) < 4.78 is 37.9. The van der Waals surface area contributed by atoms with Gasteiger partial charge in [-0.2, -0.15) is 13.2 Å². The minimum Gasteiger partial charge on any atom is -0.384 e. The maximum absolute atomic E-state index is 12.6. The number of anilines is 1. The third-order valence-corrected chi connectivity index (χ3v) is 4.77. The number of hydrogen-bond donors (Lipinski definition) is 1. The molecular formula is C18H20ClF3N2S. The SMILES string of the molecule is CN(C)CCCNc1cc(Cl)ccc1Sc1ccc(C(F)(F)F)cc1. The maximum atomic E-state index is 12.6. The van der Waals surface area contributed by atoms with E-state index >= 15 is 0 Å². The van der Waals surface area contributed by atoms with Crippen LogP contribution >= 0.6 is 23.4 Å². The van der Waals surface area contributed by atoms with E-state index < -0.39 is 11.7 Å². The molecule has 0 aliphatic carbocycles. The lowest BCUT2D eigenvalue weighted by molar-refractivity contribution is -0.137. The summed E-state index contributed by atoms with van der Waals surface area (Å²) in [5.74, 6) is 0. The second kappa shape index (κ2) is 8.83. The Kier molecular flexibility index (Phi) is 7.04. The van der Waals surface area contributed by atoms with Gasteiger partial charge in [-0.05, 0) is 69.5 Å². The Morgan fingerprint density at radius 3 is 2.36 bits per heavy atom. The average Bonchev–Trinajstić information content (AvgIpc) is 2.53. The largest absolute Gasteiger partial charge is 0.416 e. The molecule has 0 bridgehead atoms. The van der Waals surface area contributed by atoms with Gasteiger partial charge in [-0.3, -0.25) is 0 Å². The second-order valence-electron chi connectivity index (χ2n) is 5.85. The van der Waals surface area contributed by atoms with Gasteiger partial charge in [-0.25, -0.2) is 0 Å². The van der Waals surface area contributed by atoms with Crippen molar-refractivity contribution in [3.05, 3.63) is 53.1 Å². The molecule has 0 aliphatic heterocycles. The molecule has 2 rings (SSSR count). The van der Waals surface area contributed by atoms with Gasteiger partial charge in [0.15, 0.2) is 0 Å². The summed E-state index contributed by atoms with van der Waals surface area (Å²) in [4.78, 5) is 3.78. The van der Waals surface area contributed by atoms with Crippen molar-refractivity contribution in [1.29, 1.82) is 0 Å². The fourth-order valence-electron chi connectivity index (χ4n) is 2.19. The van der Waals surface area contributed by atoms with Crippen molar-refractivity contribution < 1.29 is 13.2 Å². The van der Waals surface area contributed by atoms with E-state index in [0.717, 1.165) is 47.1 Å². The number of rotatable bonds is 7. The molecule has 0 spiro atoms. The molecule has 2 aromatic rings. The number of nitrogens with one attached hydrogen (secondary N) is 1. The second-order valence-corrected chi connectivity index (χ2v) is 7.40. The normalized spacial score (nSPS) is 11.8. The molecule has 0 saturated heterocycles. The van der Waals surface area contributed by atoms with Crippen molar-refractivity contribution in [1.82, 2.24) is 4.90 Å². The third kappa shape index (κ3) is 6.45. The average molecular weight is 389 g/mol. The van der Waals surface area contributed by atoms with Crippen LogP contribution in [0.15, 0.2) is 52.3 Å². The van der Waals surface area contributed by atoms with E-state index in [1.807, 2.05) is 26.2 Å². The van der Waals surface area contributed by atoms with E-state index in [0.29, 0.717) is 5.02 Å². The Balaban J connectivity index is 2.08. The molecule has 136 valence electrons. The van der Waals surface area contributed by atoms with Gasteiger partial charge in [0.25, 0.3) is 0 Å².